The van der Waals surface area contributed by atoms with Crippen LogP contribution in [0.3, 0.4) is 0 Å². The molecular weight excluding hydrogens is 220 g/mol. The molecule has 1 aromatic carbocycles. The van der Waals surface area contributed by atoms with E-state index in [1.54, 1.807) is 0 Å². The quantitative estimate of drug-likeness (QED) is 0.830. The zero-order chi connectivity index (χ0) is 12.5. The molecule has 18 heavy (non-hydrogen) atoms. The molecule has 2 heteroatoms. The summed E-state index contributed by atoms with van der Waals surface area (Å²) >= 11 is 0. The summed E-state index contributed by atoms with van der Waals surface area (Å²) in [4.78, 5) is 3.49. The van der Waals surface area contributed by atoms with Gasteiger partial charge in [-0.05, 0) is 69.3 Å². The van der Waals surface area contributed by atoms with E-state index in [0.29, 0.717) is 0 Å². The lowest BCUT2D eigenvalue weighted by atomic mass is 9.92. The molecule has 2 N–H and O–H groups in total. The predicted molar refractivity (Wildman–Crippen MR) is 77.1 cm³/mol. The minimum absolute atomic E-state index is 0.813. The molecule has 0 radical (unpaired) electrons. The minimum Gasteiger partial charge on any atom is -0.358 e. The summed E-state index contributed by atoms with van der Waals surface area (Å²) in [6, 6.07) is 6.92. The van der Waals surface area contributed by atoms with Crippen molar-refractivity contribution in [3.05, 3.63) is 35.0 Å². The van der Waals surface area contributed by atoms with E-state index in [-0.39, 0.29) is 0 Å². The summed E-state index contributed by atoms with van der Waals surface area (Å²) in [7, 11) is 0. The predicted octanol–water partition coefficient (Wildman–Crippen LogP) is 3.33. The van der Waals surface area contributed by atoms with Crippen molar-refractivity contribution >= 4 is 10.9 Å². The Morgan fingerprint density at radius 2 is 2.17 bits per heavy atom. The molecular formula is C16H22N2. The highest BCUT2D eigenvalue weighted by Crippen LogP contribution is 2.24. The third-order valence-corrected chi connectivity index (χ3v) is 4.30. The van der Waals surface area contributed by atoms with Crippen molar-refractivity contribution in [2.45, 2.75) is 33.1 Å². The van der Waals surface area contributed by atoms with Gasteiger partial charge in [0.2, 0.25) is 0 Å². The number of hydrogen-bond donors (Lipinski definition) is 2. The van der Waals surface area contributed by atoms with E-state index in [1.165, 1.54) is 60.1 Å². The van der Waals surface area contributed by atoms with Crippen molar-refractivity contribution in [3.63, 3.8) is 0 Å². The second-order valence-electron chi connectivity index (χ2n) is 5.67. The topological polar surface area (TPSA) is 27.8 Å². The minimum atomic E-state index is 0.813. The SMILES string of the molecule is Cc1[nH]c2cc(CC3CCCNC3)ccc2c1C. The normalized spacial score (nSPS) is 20.4. The van der Waals surface area contributed by atoms with E-state index in [4.69, 9.17) is 0 Å². The fourth-order valence-electron chi connectivity index (χ4n) is 3.08. The van der Waals surface area contributed by atoms with Crippen LogP contribution in [0.2, 0.25) is 0 Å². The van der Waals surface area contributed by atoms with Crippen LogP contribution in [-0.4, -0.2) is 18.1 Å². The summed E-state index contributed by atoms with van der Waals surface area (Å²) in [6.45, 7) is 6.73. The number of hydrogen-bond acceptors (Lipinski definition) is 1. The number of benzene rings is 1. The van der Waals surface area contributed by atoms with Gasteiger partial charge in [-0.3, -0.25) is 0 Å². The zero-order valence-corrected chi connectivity index (χ0v) is 11.3. The summed E-state index contributed by atoms with van der Waals surface area (Å²) < 4.78 is 0. The van der Waals surface area contributed by atoms with E-state index < -0.39 is 0 Å². The molecule has 0 bridgehead atoms. The Labute approximate surface area is 109 Å². The van der Waals surface area contributed by atoms with Crippen molar-refractivity contribution in [3.8, 4) is 0 Å². The first kappa shape index (κ1) is 11.8. The first-order valence-corrected chi connectivity index (χ1v) is 7.02. The molecule has 1 saturated heterocycles. The molecule has 1 atom stereocenters. The molecule has 1 fully saturated rings. The third kappa shape index (κ3) is 2.17. The Morgan fingerprint density at radius 1 is 1.28 bits per heavy atom. The van der Waals surface area contributed by atoms with Crippen LogP contribution >= 0.6 is 0 Å². The Kier molecular flexibility index (Phi) is 3.13. The van der Waals surface area contributed by atoms with E-state index in [1.807, 2.05) is 0 Å². The van der Waals surface area contributed by atoms with Crippen LogP contribution in [0.1, 0.15) is 29.7 Å². The molecule has 1 aromatic heterocycles. The monoisotopic (exact) mass is 242 g/mol. The van der Waals surface area contributed by atoms with Crippen molar-refractivity contribution in [1.82, 2.24) is 10.3 Å². The van der Waals surface area contributed by atoms with Gasteiger partial charge in [0.25, 0.3) is 0 Å². The molecule has 0 amide bonds. The summed E-state index contributed by atoms with van der Waals surface area (Å²) in [5.74, 6) is 0.813. The highest BCUT2D eigenvalue weighted by Gasteiger charge is 2.14. The Balaban J connectivity index is 1.84. The number of aromatic nitrogens is 1. The first-order chi connectivity index (χ1) is 8.74. The van der Waals surface area contributed by atoms with Crippen LogP contribution in [0, 0.1) is 19.8 Å². The average molecular weight is 242 g/mol. The molecule has 1 aliphatic heterocycles. The lowest BCUT2D eigenvalue weighted by Gasteiger charge is -2.22. The zero-order valence-electron chi connectivity index (χ0n) is 11.3. The van der Waals surface area contributed by atoms with Crippen molar-refractivity contribution in [1.29, 1.82) is 0 Å². The summed E-state index contributed by atoms with van der Waals surface area (Å²) in [5.41, 5.74) is 5.45. The van der Waals surface area contributed by atoms with E-state index >= 15 is 0 Å². The maximum atomic E-state index is 3.50. The lowest BCUT2D eigenvalue weighted by Crippen LogP contribution is -2.30. The van der Waals surface area contributed by atoms with Gasteiger partial charge >= 0.3 is 0 Å². The van der Waals surface area contributed by atoms with Crippen LogP contribution in [0.5, 0.6) is 0 Å². The second kappa shape index (κ2) is 4.77. The van der Waals surface area contributed by atoms with E-state index in [9.17, 15) is 0 Å². The highest BCUT2D eigenvalue weighted by molar-refractivity contribution is 5.84. The lowest BCUT2D eigenvalue weighted by molar-refractivity contribution is 0.376. The second-order valence-corrected chi connectivity index (χ2v) is 5.67. The molecule has 1 unspecified atom stereocenters. The van der Waals surface area contributed by atoms with Crippen molar-refractivity contribution < 1.29 is 0 Å². The van der Waals surface area contributed by atoms with Crippen molar-refractivity contribution in [2.24, 2.45) is 5.92 Å². The van der Waals surface area contributed by atoms with Gasteiger partial charge in [0, 0.05) is 16.6 Å². The molecule has 0 saturated carbocycles. The molecule has 0 aliphatic carbocycles. The summed E-state index contributed by atoms with van der Waals surface area (Å²) in [6.07, 6.45) is 3.90. The van der Waals surface area contributed by atoms with Gasteiger partial charge in [-0.25, -0.2) is 0 Å². The molecule has 0 spiro atoms. The molecule has 3 rings (SSSR count). The van der Waals surface area contributed by atoms with Crippen LogP contribution in [0.25, 0.3) is 10.9 Å². The Morgan fingerprint density at radius 3 is 2.94 bits per heavy atom. The molecule has 1 aliphatic rings. The van der Waals surface area contributed by atoms with Gasteiger partial charge in [0.1, 0.15) is 0 Å². The average Bonchev–Trinajstić information content (AvgIpc) is 2.66. The largest absolute Gasteiger partial charge is 0.358 e. The molecule has 2 heterocycles. The number of aryl methyl sites for hydroxylation is 2. The molecule has 2 aromatic rings. The molecule has 2 nitrogen and oxygen atoms in total. The van der Waals surface area contributed by atoms with Crippen LogP contribution in [0.15, 0.2) is 18.2 Å². The fraction of sp³-hybridized carbons (Fsp3) is 0.500. The Hall–Kier alpha value is -1.28. The van der Waals surface area contributed by atoms with Gasteiger partial charge in [0.05, 0.1) is 0 Å². The number of aromatic amines is 1. The fourth-order valence-corrected chi connectivity index (χ4v) is 3.08. The number of H-pyrrole nitrogens is 1. The van der Waals surface area contributed by atoms with Gasteiger partial charge in [-0.1, -0.05) is 12.1 Å². The number of rotatable bonds is 2. The molecule has 96 valence electrons. The van der Waals surface area contributed by atoms with Gasteiger partial charge in [0.15, 0.2) is 0 Å². The van der Waals surface area contributed by atoms with Gasteiger partial charge in [-0.15, -0.1) is 0 Å². The number of nitrogens with one attached hydrogen (secondary N) is 2. The first-order valence-electron chi connectivity index (χ1n) is 7.02. The van der Waals surface area contributed by atoms with Crippen LogP contribution < -0.4 is 5.32 Å². The van der Waals surface area contributed by atoms with Crippen LogP contribution in [-0.2, 0) is 6.42 Å². The van der Waals surface area contributed by atoms with Crippen molar-refractivity contribution in [2.75, 3.05) is 13.1 Å². The van der Waals surface area contributed by atoms with Gasteiger partial charge in [-0.2, -0.15) is 0 Å². The van der Waals surface area contributed by atoms with E-state index in [0.717, 1.165) is 5.92 Å². The highest BCUT2D eigenvalue weighted by atomic mass is 14.9. The summed E-state index contributed by atoms with van der Waals surface area (Å²) in [5, 5.41) is 4.87. The van der Waals surface area contributed by atoms with E-state index in [2.05, 4.69) is 42.3 Å². The van der Waals surface area contributed by atoms with Crippen LogP contribution in [0.4, 0.5) is 0 Å². The maximum absolute atomic E-state index is 3.50. The Bertz CT molecular complexity index is 547. The maximum Gasteiger partial charge on any atom is 0.0461 e. The third-order valence-electron chi connectivity index (χ3n) is 4.30. The number of fused-ring (bicyclic) bond motifs is 1. The van der Waals surface area contributed by atoms with Gasteiger partial charge < -0.3 is 10.3 Å². The standard InChI is InChI=1S/C16H22N2/c1-11-12(2)18-16-9-13(5-6-15(11)16)8-14-4-3-7-17-10-14/h5-6,9,14,17-18H,3-4,7-8,10H2,1-2H3. The smallest absolute Gasteiger partial charge is 0.0461 e. The number of piperidine rings is 1.